The molecule has 0 aliphatic carbocycles. The van der Waals surface area contributed by atoms with E-state index in [4.69, 9.17) is 97.5 Å². The number of likely N-dealkylation sites (N-methyl/N-ethyl adjacent to an activating group) is 2. The number of nitrogens with zero attached hydrogens (tertiary/aromatic N) is 2. The summed E-state index contributed by atoms with van der Waals surface area (Å²) < 4.78 is 80.3. The van der Waals surface area contributed by atoms with Crippen molar-refractivity contribution in [1.82, 2.24) is 9.80 Å². The Hall–Kier alpha value is -4.49. The van der Waals surface area contributed by atoms with E-state index in [9.17, 15) is 43.2 Å². The number of carbonyl (C=O) groups excluding carboxylic acids is 9. The maximum atomic E-state index is 11.5. The summed E-state index contributed by atoms with van der Waals surface area (Å²) >= 11 is 0. The number of Topliss-reactive ketones (excluding diaryl/α,β-unsaturated/α-hetero) is 5. The Morgan fingerprint density at radius 2 is 0.424 bits per heavy atom. The van der Waals surface area contributed by atoms with Gasteiger partial charge in [-0.15, -0.1) is 0 Å². The molecule has 118 heavy (non-hydrogen) atoms. The molecule has 0 saturated heterocycles. The largest absolute Gasteiger partial charge is 0.463 e. The van der Waals surface area contributed by atoms with Gasteiger partial charge in [0.1, 0.15) is 56.2 Å². The van der Waals surface area contributed by atoms with Crippen LogP contribution in [0.2, 0.25) is 0 Å². The Labute approximate surface area is 715 Å². The first kappa shape index (κ1) is 132. The monoisotopic (exact) mass is 1710 g/mol. The Balaban J connectivity index is -0.000000162. The van der Waals surface area contributed by atoms with Crippen LogP contribution in [-0.4, -0.2) is 327 Å². The van der Waals surface area contributed by atoms with Gasteiger partial charge < -0.3 is 107 Å². The topological polar surface area (TPSA) is 400 Å². The Bertz CT molecular complexity index is 2250. The summed E-state index contributed by atoms with van der Waals surface area (Å²) in [5, 5.41) is 16.8. The second-order valence-corrected chi connectivity index (χ2v) is 36.5. The number of nitrogens with two attached hydrogens (primary N) is 2. The van der Waals surface area contributed by atoms with Crippen LogP contribution < -0.4 is 11.5 Å². The number of hydrogen-bond acceptors (Lipinski definition) is 31. The summed E-state index contributed by atoms with van der Waals surface area (Å²) in [5.41, 5.74) is 7.37. The van der Waals surface area contributed by atoms with E-state index in [2.05, 4.69) is 4.90 Å². The van der Waals surface area contributed by atoms with Crippen molar-refractivity contribution in [3.05, 3.63) is 0 Å². The number of hydrogen-bond donors (Lipinski definition) is 4. The quantitative estimate of drug-likeness (QED) is 0.0250. The third-order valence-corrected chi connectivity index (χ3v) is 14.3. The normalized spacial score (nSPS) is 11.7. The molecule has 0 unspecified atom stereocenters. The van der Waals surface area contributed by atoms with E-state index in [-0.39, 0.29) is 113 Å². The lowest BCUT2D eigenvalue weighted by molar-refractivity contribution is -0.155. The highest BCUT2D eigenvalue weighted by molar-refractivity contribution is 5.86. The van der Waals surface area contributed by atoms with Crippen molar-refractivity contribution in [2.45, 2.75) is 213 Å². The molecule has 0 spiro atoms. The van der Waals surface area contributed by atoms with E-state index in [0.29, 0.717) is 184 Å². The zero-order valence-electron chi connectivity index (χ0n) is 80.9. The molecule has 0 radical (unpaired) electrons. The molecule has 6 N–H and O–H groups in total. The van der Waals surface area contributed by atoms with E-state index in [1.165, 1.54) is 0 Å². The number of aliphatic hydroxyl groups is 2. The summed E-state index contributed by atoms with van der Waals surface area (Å²) in [6.45, 7) is 64.5. The molecule has 708 valence electrons. The molecule has 0 aliphatic rings. The van der Waals surface area contributed by atoms with Crippen molar-refractivity contribution >= 4 is 52.8 Å². The molecule has 0 aromatic carbocycles. The average Bonchev–Trinajstić information content (AvgIpc) is 0.987. The third kappa shape index (κ3) is 106. The summed E-state index contributed by atoms with van der Waals surface area (Å²) in [5.74, 6) is 0.237. The second kappa shape index (κ2) is 78.5. The second-order valence-electron chi connectivity index (χ2n) is 36.5. The molecule has 0 atom stereocenters. The Kier molecular flexibility index (Phi) is 87.5. The fraction of sp³-hybridized carbons (Fsp3) is 0.897. The Morgan fingerprint density at radius 1 is 0.237 bits per heavy atom. The minimum absolute atomic E-state index is 0.00673. The SMILES string of the molecule is CC(C)(C)C(=O)CCOCCN.CC(C)(C)C(=O)CCOCCO.CC(C)(C)C(=O)OCCOCCN.CC(C)(C)C(=O)OCCOCCO.CN(C)CCOCCC(=O)C(C)(C)C.CN(C)CCOCCOC(=O)C(C)(C)C.COCCOCC(=O)C(C)(C)C.COCCOCCC(=O)C(C)(C)C.COCCOCCOC(=O)C(C)(C)C. The van der Waals surface area contributed by atoms with Gasteiger partial charge in [-0.3, -0.25) is 43.2 Å². The maximum Gasteiger partial charge on any atom is 0.311 e. The van der Waals surface area contributed by atoms with Gasteiger partial charge in [-0.1, -0.05) is 104 Å². The molecule has 0 aromatic heterocycles. The molecule has 0 saturated carbocycles. The van der Waals surface area contributed by atoms with Gasteiger partial charge in [0.25, 0.3) is 0 Å². The zero-order valence-corrected chi connectivity index (χ0v) is 80.9. The van der Waals surface area contributed by atoms with E-state index in [1.807, 2.05) is 199 Å². The van der Waals surface area contributed by atoms with Crippen molar-refractivity contribution in [1.29, 1.82) is 0 Å². The van der Waals surface area contributed by atoms with Crippen molar-refractivity contribution in [3.8, 4) is 0 Å². The molecule has 0 fully saturated rings. The van der Waals surface area contributed by atoms with E-state index in [1.54, 1.807) is 42.1 Å². The predicted octanol–water partition coefficient (Wildman–Crippen LogP) is 9.98. The van der Waals surface area contributed by atoms with Crippen LogP contribution in [0.3, 0.4) is 0 Å². The van der Waals surface area contributed by atoms with Crippen LogP contribution in [0.25, 0.3) is 0 Å². The van der Waals surface area contributed by atoms with E-state index in [0.717, 1.165) is 13.1 Å². The fourth-order valence-electron chi connectivity index (χ4n) is 6.21. The number of ether oxygens (including phenoxy) is 16. The molecule has 0 aliphatic heterocycles. The molecule has 31 heteroatoms. The van der Waals surface area contributed by atoms with Crippen LogP contribution in [0.4, 0.5) is 0 Å². The van der Waals surface area contributed by atoms with Crippen molar-refractivity contribution in [2.24, 2.45) is 60.2 Å². The smallest absolute Gasteiger partial charge is 0.311 e. The third-order valence-electron chi connectivity index (χ3n) is 14.3. The summed E-state index contributed by atoms with van der Waals surface area (Å²) in [4.78, 5) is 106. The number of carbonyl (C=O) groups is 9. The van der Waals surface area contributed by atoms with Gasteiger partial charge in [-0.25, -0.2) is 0 Å². The number of aliphatic hydroxyl groups excluding tert-OH is 2. The van der Waals surface area contributed by atoms with Gasteiger partial charge in [-0.05, 0) is 111 Å². The number of esters is 4. The highest BCUT2D eigenvalue weighted by Crippen LogP contribution is 2.21. The van der Waals surface area contributed by atoms with Crippen LogP contribution in [-0.2, 0) is 119 Å². The van der Waals surface area contributed by atoms with Crippen LogP contribution in [0.1, 0.15) is 213 Å². The standard InChI is InChI=1S/C11H23NO3.C11H23NO2.C10H20O4.C10H20O3.C9H19NO3.C9H19NO2.C9H18O4.2C9H18O3/c1-11(2,3)10(13)15-9-8-14-7-6-12(4)5;1-11(2,3)10(13)6-8-14-9-7-12(4)5;1-10(2,3)9(11)14-8-7-13-6-5-12-4;1-10(2,3)9(11)5-6-13-8-7-12-4;1-9(2,3)8(11)13-7-6-12-5-4-10;1-9(2,3)8(11)4-6-12-7-5-10;1-9(2,3)8(11)13-7-6-12-5-4-10;1-9(2,3)8(10)7-12-6-5-11-4;1-9(2,3)8(11)4-6-12-7-5-10/h6-9H2,1-5H3;6-9H2,1-5H3;5-8H2,1-4H3;5-8H2,1-4H3;4-7,10H2,1-3H3;4-7,10H2,1-3H3;10H,4-7H2,1-3H3;5-7H2,1-4H3;10H,4-7H2,1-3H3. The van der Waals surface area contributed by atoms with Gasteiger partial charge in [-0.2, -0.15) is 0 Å². The zero-order chi connectivity index (χ0) is 93.9. The maximum absolute atomic E-state index is 11.5. The Morgan fingerprint density at radius 3 is 0.636 bits per heavy atom. The van der Waals surface area contributed by atoms with Crippen LogP contribution in [0.5, 0.6) is 0 Å². The first-order valence-electron chi connectivity index (χ1n) is 41.0. The van der Waals surface area contributed by atoms with Crippen LogP contribution >= 0.6 is 0 Å². The lowest BCUT2D eigenvalue weighted by Crippen LogP contribution is -2.25. The molecular formula is C87H178N4O27. The highest BCUT2D eigenvalue weighted by Gasteiger charge is 2.28. The minimum atomic E-state index is -0.461. The summed E-state index contributed by atoms with van der Waals surface area (Å²) in [6, 6.07) is 0. The molecular weight excluding hydrogens is 1530 g/mol. The van der Waals surface area contributed by atoms with Gasteiger partial charge >= 0.3 is 23.9 Å². The van der Waals surface area contributed by atoms with Crippen molar-refractivity contribution < 1.29 is 129 Å². The van der Waals surface area contributed by atoms with Gasteiger partial charge in [0.05, 0.1) is 167 Å². The summed E-state index contributed by atoms with van der Waals surface area (Å²) in [6.07, 6.45) is 1.94. The molecule has 0 amide bonds. The number of methoxy groups -OCH3 is 3. The molecule has 0 heterocycles. The minimum Gasteiger partial charge on any atom is -0.463 e. The predicted molar refractivity (Wildman–Crippen MR) is 465 cm³/mol. The lowest BCUT2D eigenvalue weighted by Gasteiger charge is -2.16. The first-order chi connectivity index (χ1) is 54.0. The van der Waals surface area contributed by atoms with E-state index < -0.39 is 21.7 Å². The van der Waals surface area contributed by atoms with Crippen LogP contribution in [0.15, 0.2) is 0 Å². The molecule has 31 nitrogen and oxygen atoms in total. The average molecular weight is 1710 g/mol. The van der Waals surface area contributed by atoms with Crippen molar-refractivity contribution in [2.75, 3.05) is 254 Å². The lowest BCUT2D eigenvalue weighted by atomic mass is 9.89. The first-order valence-corrected chi connectivity index (χ1v) is 41.0. The van der Waals surface area contributed by atoms with E-state index >= 15 is 0 Å². The van der Waals surface area contributed by atoms with Gasteiger partial charge in [0, 0.05) is 100 Å². The fourth-order valence-corrected chi connectivity index (χ4v) is 6.21. The van der Waals surface area contributed by atoms with Gasteiger partial charge in [0.2, 0.25) is 0 Å². The highest BCUT2D eigenvalue weighted by atomic mass is 16.6. The summed E-state index contributed by atoms with van der Waals surface area (Å²) in [7, 11) is 12.8. The molecule has 0 aromatic rings. The number of ketones is 5. The van der Waals surface area contributed by atoms with Crippen molar-refractivity contribution in [3.63, 3.8) is 0 Å². The van der Waals surface area contributed by atoms with Crippen LogP contribution in [0, 0.1) is 48.7 Å². The molecule has 0 rings (SSSR count). The van der Waals surface area contributed by atoms with Gasteiger partial charge in [0.15, 0.2) is 5.78 Å². The molecule has 0 bridgehead atoms. The number of rotatable bonds is 49.